The van der Waals surface area contributed by atoms with Crippen molar-refractivity contribution in [1.29, 1.82) is 0 Å². The number of carbonyl (C=O) groups excluding carboxylic acids is 2. The van der Waals surface area contributed by atoms with Crippen molar-refractivity contribution in [2.45, 2.75) is 38.9 Å². The highest BCUT2D eigenvalue weighted by Gasteiger charge is 2.31. The lowest BCUT2D eigenvalue weighted by Gasteiger charge is -2.23. The number of nitrogens with one attached hydrogen (secondary N) is 1. The van der Waals surface area contributed by atoms with Crippen LogP contribution in [-0.2, 0) is 22.6 Å². The SMILES string of the molecule is COC(=O)[C@@H]1CCCN1Cc1ccc2c(c1)CN(C(=O)c1n[nH]c3ccc(C)cc13)CCO2. The summed E-state index contributed by atoms with van der Waals surface area (Å²) in [5.41, 5.74) is 4.42. The van der Waals surface area contributed by atoms with E-state index in [9.17, 15) is 9.59 Å². The molecule has 172 valence electrons. The Kier molecular flexibility index (Phi) is 5.76. The lowest BCUT2D eigenvalue weighted by Crippen LogP contribution is -2.36. The Hall–Kier alpha value is -3.39. The van der Waals surface area contributed by atoms with Gasteiger partial charge in [-0.1, -0.05) is 17.7 Å². The molecule has 2 aliphatic heterocycles. The van der Waals surface area contributed by atoms with Crippen molar-refractivity contribution in [3.63, 3.8) is 0 Å². The zero-order valence-electron chi connectivity index (χ0n) is 19.0. The molecule has 33 heavy (non-hydrogen) atoms. The van der Waals surface area contributed by atoms with Gasteiger partial charge < -0.3 is 14.4 Å². The molecule has 2 aromatic carbocycles. The molecule has 1 N–H and O–H groups in total. The van der Waals surface area contributed by atoms with Crippen molar-refractivity contribution in [2.75, 3.05) is 26.8 Å². The fraction of sp³-hybridized carbons (Fsp3) is 0.400. The molecule has 2 aliphatic rings. The van der Waals surface area contributed by atoms with Crippen LogP contribution in [0.4, 0.5) is 0 Å². The number of carbonyl (C=O) groups is 2. The van der Waals surface area contributed by atoms with Crippen molar-refractivity contribution in [3.05, 3.63) is 58.8 Å². The van der Waals surface area contributed by atoms with E-state index >= 15 is 0 Å². The lowest BCUT2D eigenvalue weighted by atomic mass is 10.1. The molecule has 0 aliphatic carbocycles. The van der Waals surface area contributed by atoms with Crippen LogP contribution < -0.4 is 4.74 Å². The van der Waals surface area contributed by atoms with E-state index in [2.05, 4.69) is 21.2 Å². The first kappa shape index (κ1) is 21.5. The average molecular weight is 449 g/mol. The van der Waals surface area contributed by atoms with E-state index in [1.807, 2.05) is 37.3 Å². The molecule has 3 aromatic rings. The van der Waals surface area contributed by atoms with Gasteiger partial charge in [-0.3, -0.25) is 19.6 Å². The summed E-state index contributed by atoms with van der Waals surface area (Å²) in [4.78, 5) is 29.4. The van der Waals surface area contributed by atoms with Gasteiger partial charge in [0.1, 0.15) is 18.4 Å². The predicted octanol–water partition coefficient (Wildman–Crippen LogP) is 3.04. The van der Waals surface area contributed by atoms with E-state index in [1.54, 1.807) is 4.90 Å². The first-order valence-corrected chi connectivity index (χ1v) is 11.3. The van der Waals surface area contributed by atoms with Crippen molar-refractivity contribution in [3.8, 4) is 5.75 Å². The zero-order chi connectivity index (χ0) is 22.9. The van der Waals surface area contributed by atoms with E-state index < -0.39 is 0 Å². The third-order valence-electron chi connectivity index (χ3n) is 6.54. The third-order valence-corrected chi connectivity index (χ3v) is 6.54. The highest BCUT2D eigenvalue weighted by molar-refractivity contribution is 6.04. The summed E-state index contributed by atoms with van der Waals surface area (Å²) in [5, 5.41) is 8.11. The molecule has 1 saturated heterocycles. The summed E-state index contributed by atoms with van der Waals surface area (Å²) in [6, 6.07) is 11.8. The van der Waals surface area contributed by atoms with Crippen molar-refractivity contribution in [1.82, 2.24) is 20.0 Å². The first-order chi connectivity index (χ1) is 16.0. The summed E-state index contributed by atoms with van der Waals surface area (Å²) < 4.78 is 10.9. The van der Waals surface area contributed by atoms with Crippen LogP contribution in [0, 0.1) is 6.92 Å². The Morgan fingerprint density at radius 1 is 1.21 bits per heavy atom. The Morgan fingerprint density at radius 3 is 2.94 bits per heavy atom. The Morgan fingerprint density at radius 2 is 2.09 bits per heavy atom. The van der Waals surface area contributed by atoms with Crippen LogP contribution in [0.15, 0.2) is 36.4 Å². The fourth-order valence-electron chi connectivity index (χ4n) is 4.81. The quantitative estimate of drug-likeness (QED) is 0.618. The van der Waals surface area contributed by atoms with Gasteiger partial charge >= 0.3 is 5.97 Å². The largest absolute Gasteiger partial charge is 0.491 e. The highest BCUT2D eigenvalue weighted by atomic mass is 16.5. The van der Waals surface area contributed by atoms with Gasteiger partial charge in [-0.2, -0.15) is 5.10 Å². The van der Waals surface area contributed by atoms with E-state index in [0.29, 0.717) is 31.9 Å². The molecular formula is C25H28N4O4. The smallest absolute Gasteiger partial charge is 0.323 e. The number of aromatic nitrogens is 2. The van der Waals surface area contributed by atoms with E-state index in [0.717, 1.165) is 52.7 Å². The summed E-state index contributed by atoms with van der Waals surface area (Å²) in [6.45, 7) is 4.88. The molecule has 0 spiro atoms. The van der Waals surface area contributed by atoms with Gasteiger partial charge in [0, 0.05) is 24.0 Å². The average Bonchev–Trinajstić information content (AvgIpc) is 3.39. The van der Waals surface area contributed by atoms with Crippen LogP contribution in [0.1, 0.15) is 40.0 Å². The Bertz CT molecular complexity index is 1200. The number of aromatic amines is 1. The highest BCUT2D eigenvalue weighted by Crippen LogP contribution is 2.28. The number of hydrogen-bond donors (Lipinski definition) is 1. The second kappa shape index (κ2) is 8.86. The van der Waals surface area contributed by atoms with Gasteiger partial charge in [0.05, 0.1) is 19.2 Å². The van der Waals surface area contributed by atoms with Gasteiger partial charge in [-0.05, 0) is 56.1 Å². The number of rotatable bonds is 4. The molecule has 1 atom stereocenters. The van der Waals surface area contributed by atoms with Crippen LogP contribution >= 0.6 is 0 Å². The fourth-order valence-corrected chi connectivity index (χ4v) is 4.81. The molecule has 0 unspecified atom stereocenters. The lowest BCUT2D eigenvalue weighted by molar-refractivity contribution is -0.146. The van der Waals surface area contributed by atoms with Crippen LogP contribution in [0.2, 0.25) is 0 Å². The minimum Gasteiger partial charge on any atom is -0.491 e. The van der Waals surface area contributed by atoms with E-state index in [-0.39, 0.29) is 17.9 Å². The van der Waals surface area contributed by atoms with E-state index in [4.69, 9.17) is 9.47 Å². The predicted molar refractivity (Wildman–Crippen MR) is 123 cm³/mol. The topological polar surface area (TPSA) is 87.8 Å². The number of aryl methyl sites for hydroxylation is 1. The molecule has 5 rings (SSSR count). The number of hydrogen-bond acceptors (Lipinski definition) is 6. The minimum atomic E-state index is -0.195. The summed E-state index contributed by atoms with van der Waals surface area (Å²) in [6.07, 6.45) is 1.80. The molecule has 0 radical (unpaired) electrons. The number of amides is 1. The number of esters is 1. The number of ether oxygens (including phenoxy) is 2. The van der Waals surface area contributed by atoms with Gasteiger partial charge in [-0.25, -0.2) is 0 Å². The Balaban J connectivity index is 1.37. The molecule has 8 nitrogen and oxygen atoms in total. The zero-order valence-corrected chi connectivity index (χ0v) is 19.0. The number of benzene rings is 2. The number of methoxy groups -OCH3 is 1. The monoisotopic (exact) mass is 448 g/mol. The molecular weight excluding hydrogens is 420 g/mol. The second-order valence-corrected chi connectivity index (χ2v) is 8.79. The van der Waals surface area contributed by atoms with Gasteiger partial charge in [-0.15, -0.1) is 0 Å². The number of H-pyrrole nitrogens is 1. The number of fused-ring (bicyclic) bond motifs is 2. The van der Waals surface area contributed by atoms with Gasteiger partial charge in [0.2, 0.25) is 0 Å². The number of likely N-dealkylation sites (tertiary alicyclic amines) is 1. The molecule has 0 saturated carbocycles. The van der Waals surface area contributed by atoms with Crippen molar-refractivity contribution >= 4 is 22.8 Å². The summed E-state index contributed by atoms with van der Waals surface area (Å²) in [7, 11) is 1.44. The molecule has 1 fully saturated rings. The van der Waals surface area contributed by atoms with Gasteiger partial charge in [0.15, 0.2) is 5.69 Å². The van der Waals surface area contributed by atoms with Crippen LogP contribution in [0.25, 0.3) is 10.9 Å². The first-order valence-electron chi connectivity index (χ1n) is 11.3. The second-order valence-electron chi connectivity index (χ2n) is 8.79. The molecule has 1 aromatic heterocycles. The van der Waals surface area contributed by atoms with Crippen LogP contribution in [-0.4, -0.2) is 64.7 Å². The third kappa shape index (κ3) is 4.18. The standard InChI is InChI=1S/C25H28N4O4/c1-16-5-7-20-19(12-16)23(27-26-20)24(30)29-10-11-33-22-8-6-17(13-18(22)15-29)14-28-9-3-4-21(28)25(31)32-2/h5-8,12-13,21H,3-4,9-11,14-15H2,1-2H3,(H,26,27)/t21-/m0/s1. The molecule has 0 bridgehead atoms. The minimum absolute atomic E-state index is 0.112. The Labute approximate surface area is 192 Å². The maximum atomic E-state index is 13.4. The molecule has 8 heteroatoms. The number of nitrogens with zero attached hydrogens (tertiary/aromatic N) is 3. The molecule has 1 amide bonds. The van der Waals surface area contributed by atoms with Gasteiger partial charge in [0.25, 0.3) is 5.91 Å². The van der Waals surface area contributed by atoms with Crippen LogP contribution in [0.3, 0.4) is 0 Å². The normalized spacial score (nSPS) is 18.6. The summed E-state index contributed by atoms with van der Waals surface area (Å²) >= 11 is 0. The molecule has 3 heterocycles. The van der Waals surface area contributed by atoms with Crippen molar-refractivity contribution < 1.29 is 19.1 Å². The maximum Gasteiger partial charge on any atom is 0.323 e. The summed E-state index contributed by atoms with van der Waals surface area (Å²) in [5.74, 6) is 0.505. The van der Waals surface area contributed by atoms with Crippen molar-refractivity contribution in [2.24, 2.45) is 0 Å². The maximum absolute atomic E-state index is 13.4. The van der Waals surface area contributed by atoms with Crippen LogP contribution in [0.5, 0.6) is 5.75 Å². The van der Waals surface area contributed by atoms with E-state index in [1.165, 1.54) is 7.11 Å².